The fourth-order valence-electron chi connectivity index (χ4n) is 3.16. The molecule has 2 rings (SSSR count). The number of benzene rings is 1. The number of rotatable bonds is 3. The molecule has 0 radical (unpaired) electrons. The Balaban J connectivity index is 2.47. The van der Waals surface area contributed by atoms with Gasteiger partial charge < -0.3 is 10.1 Å². The molecular formula is C15H21NO2. The van der Waals surface area contributed by atoms with Crippen molar-refractivity contribution < 1.29 is 9.53 Å². The smallest absolute Gasteiger partial charge is 0.310 e. The Morgan fingerprint density at radius 2 is 2.06 bits per heavy atom. The second kappa shape index (κ2) is 5.11. The van der Waals surface area contributed by atoms with Crippen LogP contribution >= 0.6 is 0 Å². The summed E-state index contributed by atoms with van der Waals surface area (Å²) in [5, 5.41) is 3.36. The minimum absolute atomic E-state index is 0.107. The Hall–Kier alpha value is -1.35. The van der Waals surface area contributed by atoms with Crippen molar-refractivity contribution >= 4 is 5.97 Å². The van der Waals surface area contributed by atoms with Crippen LogP contribution in [0.25, 0.3) is 0 Å². The molecular weight excluding hydrogens is 226 g/mol. The second-order valence-electron chi connectivity index (χ2n) is 5.27. The van der Waals surface area contributed by atoms with Crippen LogP contribution in [0.2, 0.25) is 0 Å². The molecule has 3 nitrogen and oxygen atoms in total. The largest absolute Gasteiger partial charge is 0.469 e. The molecule has 1 aliphatic heterocycles. The van der Waals surface area contributed by atoms with E-state index in [2.05, 4.69) is 31.3 Å². The van der Waals surface area contributed by atoms with Crippen LogP contribution in [0, 0.1) is 11.8 Å². The van der Waals surface area contributed by atoms with E-state index in [1.165, 1.54) is 12.7 Å². The molecule has 1 aliphatic rings. The van der Waals surface area contributed by atoms with E-state index in [1.54, 1.807) is 0 Å². The highest BCUT2D eigenvalue weighted by Crippen LogP contribution is 2.42. The van der Waals surface area contributed by atoms with Gasteiger partial charge in [-0.3, -0.25) is 4.79 Å². The Morgan fingerprint density at radius 3 is 2.61 bits per heavy atom. The summed E-state index contributed by atoms with van der Waals surface area (Å²) in [5.74, 6) is 0.154. The van der Waals surface area contributed by atoms with Gasteiger partial charge in [-0.1, -0.05) is 44.2 Å². The van der Waals surface area contributed by atoms with Crippen molar-refractivity contribution in [2.75, 3.05) is 20.2 Å². The standard InChI is InChI=1S/C15H21NO2/c1-11(2)15(12-7-5-4-6-8-12)10-16-9-13(15)14(17)18-3/h4-8,11,13,16H,9-10H2,1-3H3. The first kappa shape index (κ1) is 13.1. The minimum atomic E-state index is -0.158. The van der Waals surface area contributed by atoms with E-state index in [4.69, 9.17) is 4.74 Å². The lowest BCUT2D eigenvalue weighted by Gasteiger charge is -2.37. The number of ether oxygens (including phenoxy) is 1. The summed E-state index contributed by atoms with van der Waals surface area (Å²) < 4.78 is 4.98. The summed E-state index contributed by atoms with van der Waals surface area (Å²) in [5.41, 5.74) is 1.06. The highest BCUT2D eigenvalue weighted by atomic mass is 16.5. The van der Waals surface area contributed by atoms with Gasteiger partial charge in [0.2, 0.25) is 0 Å². The molecule has 98 valence electrons. The van der Waals surface area contributed by atoms with E-state index in [1.807, 2.05) is 18.2 Å². The molecule has 1 heterocycles. The Labute approximate surface area is 109 Å². The topological polar surface area (TPSA) is 38.3 Å². The Bertz CT molecular complexity index is 416. The fraction of sp³-hybridized carbons (Fsp3) is 0.533. The molecule has 0 aliphatic carbocycles. The number of nitrogens with one attached hydrogen (secondary N) is 1. The number of hydrogen-bond acceptors (Lipinski definition) is 3. The zero-order valence-electron chi connectivity index (χ0n) is 11.3. The SMILES string of the molecule is COC(=O)C1CNCC1(c1ccccc1)C(C)C. The summed E-state index contributed by atoms with van der Waals surface area (Å²) in [6.45, 7) is 5.88. The molecule has 0 amide bonds. The molecule has 1 saturated heterocycles. The van der Waals surface area contributed by atoms with Crippen LogP contribution in [0.3, 0.4) is 0 Å². The normalized spacial score (nSPS) is 27.4. The van der Waals surface area contributed by atoms with Gasteiger partial charge >= 0.3 is 5.97 Å². The van der Waals surface area contributed by atoms with Crippen molar-refractivity contribution in [3.63, 3.8) is 0 Å². The molecule has 0 spiro atoms. The van der Waals surface area contributed by atoms with E-state index in [-0.39, 0.29) is 17.3 Å². The number of hydrogen-bond donors (Lipinski definition) is 1. The zero-order chi connectivity index (χ0) is 13.2. The lowest BCUT2D eigenvalue weighted by atomic mass is 9.65. The van der Waals surface area contributed by atoms with Gasteiger partial charge in [0.15, 0.2) is 0 Å². The van der Waals surface area contributed by atoms with Crippen molar-refractivity contribution in [2.24, 2.45) is 11.8 Å². The molecule has 1 fully saturated rings. The average Bonchev–Trinajstić information content (AvgIpc) is 2.84. The number of carbonyl (C=O) groups excluding carboxylic acids is 1. The molecule has 2 unspecified atom stereocenters. The van der Waals surface area contributed by atoms with Gasteiger partial charge in [-0.25, -0.2) is 0 Å². The van der Waals surface area contributed by atoms with Crippen molar-refractivity contribution in [3.05, 3.63) is 35.9 Å². The lowest BCUT2D eigenvalue weighted by molar-refractivity contribution is -0.147. The van der Waals surface area contributed by atoms with Gasteiger partial charge in [0.05, 0.1) is 13.0 Å². The molecule has 0 saturated carbocycles. The van der Waals surface area contributed by atoms with Crippen molar-refractivity contribution in [2.45, 2.75) is 19.3 Å². The second-order valence-corrected chi connectivity index (χ2v) is 5.27. The first-order valence-electron chi connectivity index (χ1n) is 6.47. The van der Waals surface area contributed by atoms with Gasteiger partial charge in [0.1, 0.15) is 0 Å². The number of methoxy groups -OCH3 is 1. The van der Waals surface area contributed by atoms with E-state index < -0.39 is 0 Å². The maximum atomic E-state index is 12.0. The van der Waals surface area contributed by atoms with Crippen LogP contribution < -0.4 is 5.32 Å². The summed E-state index contributed by atoms with van der Waals surface area (Å²) in [4.78, 5) is 12.0. The van der Waals surface area contributed by atoms with Gasteiger partial charge in [-0.05, 0) is 11.5 Å². The molecule has 2 atom stereocenters. The quantitative estimate of drug-likeness (QED) is 0.830. The Kier molecular flexibility index (Phi) is 3.71. The third-order valence-electron chi connectivity index (χ3n) is 4.21. The van der Waals surface area contributed by atoms with Crippen LogP contribution in [0.5, 0.6) is 0 Å². The van der Waals surface area contributed by atoms with Crippen LogP contribution in [-0.4, -0.2) is 26.2 Å². The Morgan fingerprint density at radius 1 is 1.39 bits per heavy atom. The summed E-state index contributed by atoms with van der Waals surface area (Å²) >= 11 is 0. The predicted octanol–water partition coefficient (Wildman–Crippen LogP) is 1.97. The third-order valence-corrected chi connectivity index (χ3v) is 4.21. The molecule has 0 aromatic heterocycles. The third kappa shape index (κ3) is 1.93. The summed E-state index contributed by atoms with van der Waals surface area (Å²) in [7, 11) is 1.47. The molecule has 3 heteroatoms. The van der Waals surface area contributed by atoms with Crippen LogP contribution in [0.15, 0.2) is 30.3 Å². The zero-order valence-corrected chi connectivity index (χ0v) is 11.3. The molecule has 1 aromatic rings. The minimum Gasteiger partial charge on any atom is -0.469 e. The van der Waals surface area contributed by atoms with Gasteiger partial charge in [-0.2, -0.15) is 0 Å². The van der Waals surface area contributed by atoms with Crippen LogP contribution in [0.4, 0.5) is 0 Å². The monoisotopic (exact) mass is 247 g/mol. The maximum absolute atomic E-state index is 12.0. The van der Waals surface area contributed by atoms with Crippen LogP contribution in [-0.2, 0) is 14.9 Å². The van der Waals surface area contributed by atoms with E-state index in [9.17, 15) is 4.79 Å². The first-order chi connectivity index (χ1) is 8.63. The van der Waals surface area contributed by atoms with Crippen molar-refractivity contribution in [3.8, 4) is 0 Å². The highest BCUT2D eigenvalue weighted by molar-refractivity contribution is 5.75. The lowest BCUT2D eigenvalue weighted by Crippen LogP contribution is -2.44. The fourth-order valence-corrected chi connectivity index (χ4v) is 3.16. The van der Waals surface area contributed by atoms with Crippen LogP contribution in [0.1, 0.15) is 19.4 Å². The van der Waals surface area contributed by atoms with Gasteiger partial charge in [0.25, 0.3) is 0 Å². The number of esters is 1. The van der Waals surface area contributed by atoms with Gasteiger partial charge in [0, 0.05) is 18.5 Å². The van der Waals surface area contributed by atoms with E-state index in [0.29, 0.717) is 12.5 Å². The highest BCUT2D eigenvalue weighted by Gasteiger charge is 2.50. The maximum Gasteiger partial charge on any atom is 0.310 e. The average molecular weight is 247 g/mol. The molecule has 1 N–H and O–H groups in total. The van der Waals surface area contributed by atoms with Crippen molar-refractivity contribution in [1.29, 1.82) is 0 Å². The summed E-state index contributed by atoms with van der Waals surface area (Å²) in [6.07, 6.45) is 0. The molecule has 18 heavy (non-hydrogen) atoms. The first-order valence-corrected chi connectivity index (χ1v) is 6.47. The molecule has 1 aromatic carbocycles. The number of carbonyl (C=O) groups is 1. The molecule has 0 bridgehead atoms. The van der Waals surface area contributed by atoms with Gasteiger partial charge in [-0.15, -0.1) is 0 Å². The van der Waals surface area contributed by atoms with Crippen molar-refractivity contribution in [1.82, 2.24) is 5.32 Å². The van der Waals surface area contributed by atoms with E-state index in [0.717, 1.165) is 6.54 Å². The summed E-state index contributed by atoms with van der Waals surface area (Å²) in [6, 6.07) is 10.3. The predicted molar refractivity (Wildman–Crippen MR) is 71.3 cm³/mol. The van der Waals surface area contributed by atoms with E-state index >= 15 is 0 Å².